The fourth-order valence-corrected chi connectivity index (χ4v) is 3.33. The summed E-state index contributed by atoms with van der Waals surface area (Å²) in [5, 5.41) is 16.1. The Morgan fingerprint density at radius 3 is 2.59 bits per heavy atom. The Hall–Kier alpha value is -4.12. The van der Waals surface area contributed by atoms with E-state index in [-0.39, 0.29) is 22.5 Å². The van der Waals surface area contributed by atoms with E-state index in [0.29, 0.717) is 15.8 Å². The van der Waals surface area contributed by atoms with Crippen LogP contribution in [0, 0.1) is 10.1 Å². The predicted octanol–water partition coefficient (Wildman–Crippen LogP) is 3.70. The number of carbonyl (C=O) groups excluding carboxylic acids is 2. The lowest BCUT2D eigenvalue weighted by atomic mass is 10.2. The number of amides is 2. The first-order chi connectivity index (χ1) is 14.0. The van der Waals surface area contributed by atoms with Crippen molar-refractivity contribution in [3.8, 4) is 0 Å². The van der Waals surface area contributed by atoms with E-state index in [4.69, 9.17) is 4.42 Å². The molecule has 2 aromatic heterocycles. The van der Waals surface area contributed by atoms with E-state index in [2.05, 4.69) is 20.6 Å². The molecule has 11 heteroatoms. The Bertz CT molecular complexity index is 1230. The number of benzene rings is 2. The Kier molecular flexibility index (Phi) is 4.71. The minimum Gasteiger partial charge on any atom is -0.431 e. The van der Waals surface area contributed by atoms with Crippen LogP contribution in [0.1, 0.15) is 20.8 Å². The summed E-state index contributed by atoms with van der Waals surface area (Å²) in [4.78, 5) is 42.9. The molecule has 0 saturated carbocycles. The van der Waals surface area contributed by atoms with Crippen LogP contribution in [-0.2, 0) is 0 Å². The van der Waals surface area contributed by atoms with Crippen molar-refractivity contribution in [2.75, 3.05) is 10.6 Å². The summed E-state index contributed by atoms with van der Waals surface area (Å²) >= 11 is 1.09. The van der Waals surface area contributed by atoms with E-state index in [1.165, 1.54) is 18.2 Å². The van der Waals surface area contributed by atoms with Crippen LogP contribution in [0.15, 0.2) is 59.2 Å². The van der Waals surface area contributed by atoms with Crippen molar-refractivity contribution < 1.29 is 18.9 Å². The summed E-state index contributed by atoms with van der Waals surface area (Å²) in [6.07, 6.45) is 1.11. The monoisotopic (exact) mass is 409 g/mol. The lowest BCUT2D eigenvalue weighted by Gasteiger charge is -1.99. The molecular formula is C18H11N5O5S. The number of aromatic nitrogens is 2. The fraction of sp³-hybridized carbons (Fsp3) is 0. The zero-order chi connectivity index (χ0) is 20.4. The standard InChI is InChI=1S/C18H11N5O5S/c24-15(10-4-2-1-3-5-10)21-17-19-13(9-28-17)16(25)22-18-20-12-7-6-11(23(26)27)8-14(12)29-18/h1-9H,(H,19,21,24)(H,20,22,25). The van der Waals surface area contributed by atoms with Crippen LogP contribution in [0.3, 0.4) is 0 Å². The van der Waals surface area contributed by atoms with Gasteiger partial charge in [-0.2, -0.15) is 4.98 Å². The quantitative estimate of drug-likeness (QED) is 0.378. The Labute approximate surface area is 166 Å². The van der Waals surface area contributed by atoms with Crippen molar-refractivity contribution >= 4 is 50.2 Å². The van der Waals surface area contributed by atoms with Gasteiger partial charge >= 0.3 is 6.01 Å². The molecule has 0 aliphatic rings. The van der Waals surface area contributed by atoms with Crippen molar-refractivity contribution in [2.45, 2.75) is 0 Å². The van der Waals surface area contributed by atoms with E-state index in [9.17, 15) is 19.7 Å². The second-order valence-corrected chi connectivity index (χ2v) is 6.77. The molecule has 2 heterocycles. The van der Waals surface area contributed by atoms with Gasteiger partial charge in [-0.25, -0.2) is 4.98 Å². The highest BCUT2D eigenvalue weighted by molar-refractivity contribution is 7.22. The van der Waals surface area contributed by atoms with Gasteiger partial charge in [-0.05, 0) is 18.2 Å². The molecule has 0 spiro atoms. The van der Waals surface area contributed by atoms with Crippen LogP contribution in [0.2, 0.25) is 0 Å². The molecule has 29 heavy (non-hydrogen) atoms. The minimum absolute atomic E-state index is 0.0569. The van der Waals surface area contributed by atoms with Crippen LogP contribution < -0.4 is 10.6 Å². The number of oxazole rings is 1. The van der Waals surface area contributed by atoms with E-state index < -0.39 is 16.7 Å². The van der Waals surface area contributed by atoms with Gasteiger partial charge in [0.15, 0.2) is 10.8 Å². The molecule has 4 aromatic rings. The van der Waals surface area contributed by atoms with E-state index in [1.54, 1.807) is 30.3 Å². The summed E-state index contributed by atoms with van der Waals surface area (Å²) in [6.45, 7) is 0. The highest BCUT2D eigenvalue weighted by Crippen LogP contribution is 2.29. The maximum absolute atomic E-state index is 12.3. The molecular weight excluding hydrogens is 398 g/mol. The third-order valence-electron chi connectivity index (χ3n) is 3.80. The molecule has 0 aliphatic heterocycles. The molecule has 0 bridgehead atoms. The van der Waals surface area contributed by atoms with Gasteiger partial charge in [0, 0.05) is 17.7 Å². The second kappa shape index (κ2) is 7.48. The molecule has 4 rings (SSSR count). The third-order valence-corrected chi connectivity index (χ3v) is 4.73. The number of hydrogen-bond donors (Lipinski definition) is 2. The van der Waals surface area contributed by atoms with Crippen LogP contribution in [0.25, 0.3) is 10.2 Å². The van der Waals surface area contributed by atoms with Gasteiger partial charge in [-0.15, -0.1) is 0 Å². The number of non-ortho nitro benzene ring substituents is 1. The van der Waals surface area contributed by atoms with Crippen LogP contribution >= 0.6 is 11.3 Å². The molecule has 2 amide bonds. The van der Waals surface area contributed by atoms with Crippen molar-refractivity contribution in [1.29, 1.82) is 0 Å². The molecule has 0 saturated heterocycles. The third kappa shape index (κ3) is 3.94. The van der Waals surface area contributed by atoms with Crippen LogP contribution in [0.5, 0.6) is 0 Å². The smallest absolute Gasteiger partial charge is 0.302 e. The van der Waals surface area contributed by atoms with Gasteiger partial charge in [-0.3, -0.25) is 30.3 Å². The SMILES string of the molecule is O=C(Nc1nc(C(=O)Nc2nc3ccc([N+](=O)[O-])cc3s2)co1)c1ccccc1. The molecule has 2 aromatic carbocycles. The highest BCUT2D eigenvalue weighted by atomic mass is 32.1. The maximum Gasteiger partial charge on any atom is 0.302 e. The first-order valence-corrected chi connectivity index (χ1v) is 8.99. The van der Waals surface area contributed by atoms with Gasteiger partial charge in [0.25, 0.3) is 17.5 Å². The van der Waals surface area contributed by atoms with Crippen LogP contribution in [-0.4, -0.2) is 26.7 Å². The van der Waals surface area contributed by atoms with Crippen molar-refractivity contribution in [1.82, 2.24) is 9.97 Å². The number of nitro benzene ring substituents is 1. The van der Waals surface area contributed by atoms with Crippen molar-refractivity contribution in [3.63, 3.8) is 0 Å². The number of rotatable bonds is 5. The molecule has 144 valence electrons. The number of fused-ring (bicyclic) bond motifs is 1. The van der Waals surface area contributed by atoms with Crippen LogP contribution in [0.4, 0.5) is 16.8 Å². The summed E-state index contributed by atoms with van der Waals surface area (Å²) in [5.41, 5.74) is 0.820. The summed E-state index contributed by atoms with van der Waals surface area (Å²) in [7, 11) is 0. The Morgan fingerprint density at radius 2 is 1.83 bits per heavy atom. The number of nitro groups is 1. The number of nitrogens with zero attached hydrogens (tertiary/aromatic N) is 3. The molecule has 0 aliphatic carbocycles. The zero-order valence-electron chi connectivity index (χ0n) is 14.5. The zero-order valence-corrected chi connectivity index (χ0v) is 15.3. The van der Waals surface area contributed by atoms with Gasteiger partial charge < -0.3 is 4.42 Å². The largest absolute Gasteiger partial charge is 0.431 e. The number of anilines is 2. The molecule has 0 fully saturated rings. The maximum atomic E-state index is 12.3. The van der Waals surface area contributed by atoms with Crippen molar-refractivity contribution in [2.24, 2.45) is 0 Å². The van der Waals surface area contributed by atoms with E-state index in [0.717, 1.165) is 17.6 Å². The normalized spacial score (nSPS) is 10.6. The fourth-order valence-electron chi connectivity index (χ4n) is 2.44. The van der Waals surface area contributed by atoms with Gasteiger partial charge in [-0.1, -0.05) is 29.5 Å². The number of thiazole rings is 1. The average Bonchev–Trinajstić information content (AvgIpc) is 3.34. The molecule has 0 unspecified atom stereocenters. The van der Waals surface area contributed by atoms with Gasteiger partial charge in [0.2, 0.25) is 0 Å². The lowest BCUT2D eigenvalue weighted by Crippen LogP contribution is -2.14. The summed E-state index contributed by atoms with van der Waals surface area (Å²) < 4.78 is 5.68. The number of nitrogens with one attached hydrogen (secondary N) is 2. The molecule has 10 nitrogen and oxygen atoms in total. The molecule has 0 atom stereocenters. The number of hydrogen-bond acceptors (Lipinski definition) is 8. The molecule has 2 N–H and O–H groups in total. The van der Waals surface area contributed by atoms with Gasteiger partial charge in [0.1, 0.15) is 6.26 Å². The van der Waals surface area contributed by atoms with E-state index in [1.807, 2.05) is 0 Å². The Morgan fingerprint density at radius 1 is 1.03 bits per heavy atom. The number of carbonyl (C=O) groups is 2. The second-order valence-electron chi connectivity index (χ2n) is 5.74. The average molecular weight is 409 g/mol. The summed E-state index contributed by atoms with van der Waals surface area (Å²) in [5.74, 6) is -1.02. The van der Waals surface area contributed by atoms with Crippen molar-refractivity contribution in [3.05, 3.63) is 76.2 Å². The van der Waals surface area contributed by atoms with E-state index >= 15 is 0 Å². The lowest BCUT2D eigenvalue weighted by molar-refractivity contribution is -0.384. The molecule has 0 radical (unpaired) electrons. The van der Waals surface area contributed by atoms with Gasteiger partial charge in [0.05, 0.1) is 15.1 Å². The topological polar surface area (TPSA) is 140 Å². The first-order valence-electron chi connectivity index (χ1n) is 8.18. The summed E-state index contributed by atoms with van der Waals surface area (Å²) in [6, 6.07) is 12.6. The Balaban J connectivity index is 1.46. The minimum atomic E-state index is -0.595. The highest BCUT2D eigenvalue weighted by Gasteiger charge is 2.17. The first kappa shape index (κ1) is 18.3. The predicted molar refractivity (Wildman–Crippen MR) is 105 cm³/mol.